The van der Waals surface area contributed by atoms with Crippen LogP contribution in [0.25, 0.3) is 11.0 Å². The molecule has 0 unspecified atom stereocenters. The molecule has 2 aromatic carbocycles. The Morgan fingerprint density at radius 1 is 1.00 bits per heavy atom. The van der Waals surface area contributed by atoms with Crippen LogP contribution in [-0.4, -0.2) is 64.5 Å². The molecule has 1 amide bonds. The Kier molecular flexibility index (Phi) is 6.36. The molecule has 0 aliphatic carbocycles. The predicted molar refractivity (Wildman–Crippen MR) is 133 cm³/mol. The Morgan fingerprint density at radius 2 is 1.76 bits per heavy atom. The van der Waals surface area contributed by atoms with Crippen molar-refractivity contribution < 1.29 is 4.79 Å². The van der Waals surface area contributed by atoms with E-state index in [1.54, 1.807) is 0 Å². The van der Waals surface area contributed by atoms with Gasteiger partial charge in [0, 0.05) is 45.0 Å². The summed E-state index contributed by atoms with van der Waals surface area (Å²) in [4.78, 5) is 25.2. The number of carbonyl (C=O) groups excluding carboxylic acids is 1. The van der Waals surface area contributed by atoms with Crippen molar-refractivity contribution in [3.05, 3.63) is 59.9 Å². The third-order valence-electron chi connectivity index (χ3n) is 7.32. The zero-order chi connectivity index (χ0) is 22.8. The number of fused-ring (bicyclic) bond motifs is 1. The molecule has 0 saturated carbocycles. The number of carbonyl (C=O) groups is 1. The quantitative estimate of drug-likeness (QED) is 0.597. The van der Waals surface area contributed by atoms with E-state index < -0.39 is 0 Å². The Morgan fingerprint density at radius 3 is 2.55 bits per heavy atom. The van der Waals surface area contributed by atoms with E-state index in [4.69, 9.17) is 4.98 Å². The molecule has 5 rings (SSSR count). The first-order valence-corrected chi connectivity index (χ1v) is 12.4. The number of anilines is 1. The first-order valence-electron chi connectivity index (χ1n) is 12.4. The molecular weight excluding hydrogens is 410 g/mol. The van der Waals surface area contributed by atoms with Gasteiger partial charge in [-0.25, -0.2) is 4.98 Å². The van der Waals surface area contributed by atoms with Crippen LogP contribution in [0.2, 0.25) is 0 Å². The normalized spacial score (nSPS) is 19.9. The molecular formula is C27H35N5O. The first-order chi connectivity index (χ1) is 16.1. The Bertz CT molecular complexity index is 1110. The minimum absolute atomic E-state index is 0.100. The maximum absolute atomic E-state index is 13.4. The monoisotopic (exact) mass is 445 g/mol. The molecule has 0 spiro atoms. The molecule has 2 saturated heterocycles. The molecule has 2 aliphatic heterocycles. The van der Waals surface area contributed by atoms with E-state index in [9.17, 15) is 4.79 Å². The summed E-state index contributed by atoms with van der Waals surface area (Å²) in [6.07, 6.45) is 2.07. The minimum Gasteiger partial charge on any atom is -0.368 e. The maximum atomic E-state index is 13.4. The number of hydrogen-bond acceptors (Lipinski definition) is 4. The highest BCUT2D eigenvalue weighted by molar-refractivity contribution is 5.79. The third kappa shape index (κ3) is 4.49. The zero-order valence-electron chi connectivity index (χ0n) is 19.9. The van der Waals surface area contributed by atoms with Crippen molar-refractivity contribution in [2.24, 2.45) is 5.92 Å². The van der Waals surface area contributed by atoms with Crippen molar-refractivity contribution >= 4 is 22.6 Å². The highest BCUT2D eigenvalue weighted by Crippen LogP contribution is 2.25. The molecule has 6 nitrogen and oxygen atoms in total. The van der Waals surface area contributed by atoms with E-state index >= 15 is 0 Å². The highest BCUT2D eigenvalue weighted by Gasteiger charge is 2.31. The Balaban J connectivity index is 1.21. The average molecular weight is 446 g/mol. The van der Waals surface area contributed by atoms with Crippen molar-refractivity contribution in [1.82, 2.24) is 19.4 Å². The Hall–Kier alpha value is -2.86. The Labute approximate surface area is 196 Å². The van der Waals surface area contributed by atoms with Crippen LogP contribution < -0.4 is 4.90 Å². The molecule has 1 atom stereocenters. The molecule has 33 heavy (non-hydrogen) atoms. The number of benzene rings is 2. The lowest BCUT2D eigenvalue weighted by Crippen LogP contribution is -2.52. The van der Waals surface area contributed by atoms with E-state index in [0.29, 0.717) is 5.91 Å². The molecule has 0 bridgehead atoms. The lowest BCUT2D eigenvalue weighted by Gasteiger charge is -2.40. The van der Waals surface area contributed by atoms with Crippen molar-refractivity contribution in [1.29, 1.82) is 0 Å². The highest BCUT2D eigenvalue weighted by atomic mass is 16.2. The lowest BCUT2D eigenvalue weighted by atomic mass is 9.96. The summed E-state index contributed by atoms with van der Waals surface area (Å²) in [6.45, 7) is 11.4. The van der Waals surface area contributed by atoms with E-state index in [1.807, 2.05) is 6.07 Å². The summed E-state index contributed by atoms with van der Waals surface area (Å²) in [5.41, 5.74) is 4.86. The molecule has 0 radical (unpaired) electrons. The molecule has 3 heterocycles. The van der Waals surface area contributed by atoms with Crippen LogP contribution in [0.4, 0.5) is 5.69 Å². The predicted octanol–water partition coefficient (Wildman–Crippen LogP) is 3.93. The van der Waals surface area contributed by atoms with Crippen LogP contribution in [0.3, 0.4) is 0 Å². The number of imidazole rings is 1. The SMILES string of the molecule is CCn1c(CN2CCC[C@H](C(=O)N3CCN(c4ccccc4C)CC3)C2)nc2ccccc21. The number of hydrogen-bond donors (Lipinski definition) is 0. The fourth-order valence-electron chi connectivity index (χ4n) is 5.54. The van der Waals surface area contributed by atoms with Gasteiger partial charge in [0.15, 0.2) is 0 Å². The number of amides is 1. The van der Waals surface area contributed by atoms with Gasteiger partial charge >= 0.3 is 0 Å². The first kappa shape index (κ1) is 22.0. The second-order valence-electron chi connectivity index (χ2n) is 9.43. The molecule has 2 aliphatic rings. The van der Waals surface area contributed by atoms with Crippen molar-refractivity contribution in [3.8, 4) is 0 Å². The number of para-hydroxylation sites is 3. The molecule has 174 valence electrons. The third-order valence-corrected chi connectivity index (χ3v) is 7.32. The van der Waals surface area contributed by atoms with Crippen LogP contribution in [0.1, 0.15) is 31.2 Å². The summed E-state index contributed by atoms with van der Waals surface area (Å²) < 4.78 is 2.31. The maximum Gasteiger partial charge on any atom is 0.227 e. The van der Waals surface area contributed by atoms with Gasteiger partial charge in [-0.3, -0.25) is 9.69 Å². The number of aryl methyl sites for hydroxylation is 2. The van der Waals surface area contributed by atoms with Crippen LogP contribution >= 0.6 is 0 Å². The van der Waals surface area contributed by atoms with Crippen molar-refractivity contribution in [2.45, 2.75) is 39.8 Å². The fraction of sp³-hybridized carbons (Fsp3) is 0.481. The second kappa shape index (κ2) is 9.56. The van der Waals surface area contributed by atoms with E-state index in [-0.39, 0.29) is 5.92 Å². The smallest absolute Gasteiger partial charge is 0.227 e. The molecule has 2 fully saturated rings. The molecule has 6 heteroatoms. The van der Waals surface area contributed by atoms with E-state index in [1.165, 1.54) is 16.8 Å². The minimum atomic E-state index is 0.100. The number of aromatic nitrogens is 2. The number of rotatable bonds is 5. The number of likely N-dealkylation sites (tertiary alicyclic amines) is 1. The van der Waals surface area contributed by atoms with Gasteiger partial charge in [-0.15, -0.1) is 0 Å². The summed E-state index contributed by atoms with van der Waals surface area (Å²) in [7, 11) is 0. The van der Waals surface area contributed by atoms with Gasteiger partial charge in [0.1, 0.15) is 5.82 Å². The van der Waals surface area contributed by atoms with Gasteiger partial charge in [0.05, 0.1) is 23.5 Å². The lowest BCUT2D eigenvalue weighted by molar-refractivity contribution is -0.137. The topological polar surface area (TPSA) is 44.6 Å². The number of nitrogens with zero attached hydrogens (tertiary/aromatic N) is 5. The van der Waals surface area contributed by atoms with Crippen molar-refractivity contribution in [2.75, 3.05) is 44.2 Å². The summed E-state index contributed by atoms with van der Waals surface area (Å²) in [6, 6.07) is 16.9. The van der Waals surface area contributed by atoms with E-state index in [2.05, 4.69) is 75.6 Å². The van der Waals surface area contributed by atoms with Crippen LogP contribution in [0, 0.1) is 12.8 Å². The molecule has 0 N–H and O–H groups in total. The van der Waals surface area contributed by atoms with Gasteiger partial charge in [-0.2, -0.15) is 0 Å². The molecule has 3 aromatic rings. The fourth-order valence-corrected chi connectivity index (χ4v) is 5.54. The van der Waals surface area contributed by atoms with Crippen LogP contribution in [-0.2, 0) is 17.9 Å². The largest absolute Gasteiger partial charge is 0.368 e. The van der Waals surface area contributed by atoms with Crippen LogP contribution in [0.15, 0.2) is 48.5 Å². The van der Waals surface area contributed by atoms with E-state index in [0.717, 1.165) is 76.5 Å². The zero-order valence-corrected chi connectivity index (χ0v) is 19.9. The van der Waals surface area contributed by atoms with Crippen LogP contribution in [0.5, 0.6) is 0 Å². The number of piperidine rings is 1. The van der Waals surface area contributed by atoms with Gasteiger partial charge in [-0.05, 0) is 57.0 Å². The average Bonchev–Trinajstić information content (AvgIpc) is 3.21. The van der Waals surface area contributed by atoms with Gasteiger partial charge in [-0.1, -0.05) is 30.3 Å². The molecule has 1 aromatic heterocycles. The van der Waals surface area contributed by atoms with Gasteiger partial charge in [0.25, 0.3) is 0 Å². The van der Waals surface area contributed by atoms with Crippen molar-refractivity contribution in [3.63, 3.8) is 0 Å². The summed E-state index contributed by atoms with van der Waals surface area (Å²) in [5.74, 6) is 1.55. The summed E-state index contributed by atoms with van der Waals surface area (Å²) >= 11 is 0. The standard InChI is InChI=1S/C27H35N5O/c1-3-32-25-13-7-5-11-23(25)28-26(32)20-29-14-8-10-22(19-29)27(33)31-17-15-30(16-18-31)24-12-6-4-9-21(24)2/h4-7,9,11-13,22H,3,8,10,14-20H2,1-2H3/t22-/m0/s1. The summed E-state index contributed by atoms with van der Waals surface area (Å²) in [5, 5.41) is 0. The number of piperazine rings is 1. The second-order valence-corrected chi connectivity index (χ2v) is 9.43. The van der Waals surface area contributed by atoms with Gasteiger partial charge in [0.2, 0.25) is 5.91 Å². The van der Waals surface area contributed by atoms with Gasteiger partial charge < -0.3 is 14.4 Å².